The van der Waals surface area contributed by atoms with Crippen molar-refractivity contribution >= 4 is 42.9 Å². The molecule has 338 valence electrons. The van der Waals surface area contributed by atoms with Gasteiger partial charge in [0.05, 0.1) is 6.04 Å². The van der Waals surface area contributed by atoms with E-state index in [0.717, 1.165) is 52.7 Å². The third-order valence-corrected chi connectivity index (χ3v) is 13.0. The van der Waals surface area contributed by atoms with Gasteiger partial charge in [-0.05, 0) is 41.3 Å². The fraction of sp³-hybridized carbons (Fsp3) is 0.394. The third-order valence-electron chi connectivity index (χ3n) is 8.72. The Morgan fingerprint density at radius 1 is 0.700 bits per heavy atom. The van der Waals surface area contributed by atoms with Gasteiger partial charge in [-0.3, -0.25) is 18.7 Å². The van der Waals surface area contributed by atoms with Crippen molar-refractivity contribution in [3.05, 3.63) is 105 Å². The van der Waals surface area contributed by atoms with Crippen LogP contribution in [0.3, 0.4) is 0 Å². The number of amides is 2. The van der Waals surface area contributed by atoms with E-state index in [4.69, 9.17) is 5.73 Å². The molecule has 1 aliphatic rings. The van der Waals surface area contributed by atoms with Crippen LogP contribution in [0.5, 0.6) is 0 Å². The quantitative estimate of drug-likeness (QED) is 0.0444. The number of hydrogen-bond donors (Lipinski definition) is 7. The largest absolute Gasteiger partial charge is 0.442 e. The van der Waals surface area contributed by atoms with Gasteiger partial charge in [0.25, 0.3) is 0 Å². The molecule has 0 unspecified atom stereocenters. The molecule has 0 spiro atoms. The van der Waals surface area contributed by atoms with Gasteiger partial charge in [0, 0.05) is 62.6 Å². The van der Waals surface area contributed by atoms with E-state index in [2.05, 4.69) is 54.9 Å². The Morgan fingerprint density at radius 2 is 1.10 bits per heavy atom. The van der Waals surface area contributed by atoms with Gasteiger partial charge in [-0.25, -0.2) is 0 Å². The van der Waals surface area contributed by atoms with Crippen molar-refractivity contribution < 1.29 is 67.5 Å². The maximum absolute atomic E-state index is 15.0. The molecular formula is C33H51BrF7N9O8P2+4. The zero-order chi connectivity index (χ0) is 41.9. The zero-order valence-electron chi connectivity index (χ0n) is 33.8. The number of primary amides is 1. The molecule has 17 nitrogen and oxygen atoms in total. The summed E-state index contributed by atoms with van der Waals surface area (Å²) in [7, 11) is -6.62. The van der Waals surface area contributed by atoms with Crippen LogP contribution >= 0.6 is 31.1 Å². The Balaban J connectivity index is 0.00000870. The highest BCUT2D eigenvalue weighted by atomic mass is 79.9. The normalized spacial score (nSPS) is 14.6. The van der Waals surface area contributed by atoms with Gasteiger partial charge in [0.15, 0.2) is 0 Å². The molecule has 0 aliphatic carbocycles. The van der Waals surface area contributed by atoms with Crippen LogP contribution in [0, 0.1) is 0 Å². The number of nitrogens with zero attached hydrogens (tertiary/aromatic N) is 2. The molecule has 1 aliphatic heterocycles. The van der Waals surface area contributed by atoms with Crippen LogP contribution in [-0.4, -0.2) is 58.5 Å². The maximum Gasteiger partial charge on any atom is 0.442 e. The van der Waals surface area contributed by atoms with Crippen LogP contribution in [0.2, 0.25) is 0 Å². The van der Waals surface area contributed by atoms with Gasteiger partial charge >= 0.3 is 38.4 Å². The van der Waals surface area contributed by atoms with E-state index in [9.17, 15) is 40.7 Å². The molecule has 20 N–H and O–H groups in total. The first-order valence-corrected chi connectivity index (χ1v) is 19.9. The highest BCUT2D eigenvalue weighted by molar-refractivity contribution is 9.10. The molecule has 3 aromatic rings. The summed E-state index contributed by atoms with van der Waals surface area (Å²) in [6, 6.07) is 9.57. The molecule has 0 fully saturated rings. The average molecular weight is 977 g/mol. The molecule has 60 heavy (non-hydrogen) atoms. The van der Waals surface area contributed by atoms with Crippen molar-refractivity contribution in [2.75, 3.05) is 28.4 Å². The standard InChI is InChI=1S/C33H35BrF7N5O8P2.4H3N/c1-51-55(49,52-2)31(35,36)22-9-5-19(6-10-22)15-26(28(42)47)44-29(48)27(16-20-7-11-23(12-8-20)32(37,38)56(50,53-3)54-4)43-18-21-13-24(17-25(34)14-21)30(45-46-30)33(39,40)41;;;;/h5-14,17,26-27,43H,15-16,18H2,1-4H3,(H2,42,47)(H,44,48);4*1H3/p+4/t26-,27-;;;;/m0..../s1. The van der Waals surface area contributed by atoms with Gasteiger partial charge < -0.3 is 59.1 Å². The van der Waals surface area contributed by atoms with E-state index in [1.807, 2.05) is 0 Å². The minimum Gasteiger partial charge on any atom is -0.369 e. The zero-order valence-corrected chi connectivity index (χ0v) is 37.2. The highest BCUT2D eigenvalue weighted by Gasteiger charge is 2.65. The Morgan fingerprint density at radius 3 is 1.45 bits per heavy atom. The molecule has 27 heteroatoms. The molecule has 0 radical (unpaired) electrons. The molecule has 2 atom stereocenters. The Bertz CT molecular complexity index is 2030. The van der Waals surface area contributed by atoms with E-state index in [1.165, 1.54) is 42.5 Å². The first-order valence-electron chi connectivity index (χ1n) is 16.0. The number of halogens is 8. The van der Waals surface area contributed by atoms with E-state index in [1.54, 1.807) is 0 Å². The summed E-state index contributed by atoms with van der Waals surface area (Å²) < 4.78 is 144. The van der Waals surface area contributed by atoms with Crippen LogP contribution in [0.15, 0.2) is 81.4 Å². The van der Waals surface area contributed by atoms with E-state index >= 15 is 8.78 Å². The van der Waals surface area contributed by atoms with Gasteiger partial charge in [0.1, 0.15) is 6.04 Å². The van der Waals surface area contributed by atoms with Crippen LogP contribution in [0.1, 0.15) is 33.4 Å². The number of alkyl halides is 7. The lowest BCUT2D eigenvalue weighted by Gasteiger charge is -2.25. The molecule has 0 saturated carbocycles. The lowest BCUT2D eigenvalue weighted by atomic mass is 9.99. The second-order valence-corrected chi connectivity index (χ2v) is 17.7. The van der Waals surface area contributed by atoms with Crippen molar-refractivity contribution in [1.29, 1.82) is 0 Å². The Kier molecular flexibility index (Phi) is 20.1. The first-order chi connectivity index (χ1) is 26.0. The molecule has 2 amide bonds. The third kappa shape index (κ3) is 11.6. The monoisotopic (exact) mass is 975 g/mol. The number of hydrogen-bond acceptors (Lipinski definition) is 11. The van der Waals surface area contributed by atoms with Gasteiger partial charge in [-0.2, -0.15) is 30.7 Å². The lowest BCUT2D eigenvalue weighted by Crippen LogP contribution is -2.53. The van der Waals surface area contributed by atoms with Crippen LogP contribution in [0.4, 0.5) is 30.7 Å². The molecular weight excluding hydrogens is 925 g/mol. The van der Waals surface area contributed by atoms with Crippen LogP contribution < -0.4 is 41.0 Å². The molecule has 1 heterocycles. The van der Waals surface area contributed by atoms with Crippen molar-refractivity contribution in [1.82, 2.24) is 35.2 Å². The summed E-state index contributed by atoms with van der Waals surface area (Å²) in [4.78, 5) is 26.3. The summed E-state index contributed by atoms with van der Waals surface area (Å²) in [5, 5.41) is 11.8. The van der Waals surface area contributed by atoms with Crippen LogP contribution in [-0.2, 0) is 73.2 Å². The second kappa shape index (κ2) is 21.4. The second-order valence-electron chi connectivity index (χ2n) is 12.2. The molecule has 4 rings (SSSR count). The summed E-state index contributed by atoms with van der Waals surface area (Å²) in [6.45, 7) is -0.247. The fourth-order valence-electron chi connectivity index (χ4n) is 5.47. The minimum atomic E-state index is -4.91. The highest BCUT2D eigenvalue weighted by Crippen LogP contribution is 2.66. The van der Waals surface area contributed by atoms with E-state index in [-0.39, 0.29) is 70.7 Å². The van der Waals surface area contributed by atoms with Gasteiger partial charge in [-0.15, -0.1) is 10.2 Å². The van der Waals surface area contributed by atoms with Crippen molar-refractivity contribution in [3.8, 4) is 0 Å². The number of nitrogens with two attached hydrogens (primary N) is 1. The summed E-state index contributed by atoms with van der Waals surface area (Å²) in [5.41, 5.74) is -6.30. The predicted octanol–water partition coefficient (Wildman–Crippen LogP) is 9.12. The predicted molar refractivity (Wildman–Crippen MR) is 214 cm³/mol. The number of carbonyl (C=O) groups excluding carboxylic acids is 2. The van der Waals surface area contributed by atoms with Gasteiger partial charge in [-0.1, -0.05) is 64.5 Å². The molecule has 3 aromatic carbocycles. The van der Waals surface area contributed by atoms with E-state index < -0.39 is 73.4 Å². The summed E-state index contributed by atoms with van der Waals surface area (Å²) in [6.07, 6.45) is -5.39. The number of benzene rings is 3. The van der Waals surface area contributed by atoms with Gasteiger partial charge in [0.2, 0.25) is 11.8 Å². The smallest absolute Gasteiger partial charge is 0.369 e. The summed E-state index contributed by atoms with van der Waals surface area (Å²) >= 11 is 3.17. The maximum atomic E-state index is 15.0. The summed E-state index contributed by atoms with van der Waals surface area (Å²) in [5.74, 6) is -1.90. The van der Waals surface area contributed by atoms with E-state index in [0.29, 0.717) is 0 Å². The van der Waals surface area contributed by atoms with Crippen LogP contribution in [0.25, 0.3) is 0 Å². The first kappa shape index (κ1) is 56.3. The number of quaternary nitrogens is 4. The number of rotatable bonds is 19. The number of nitrogens with one attached hydrogen (secondary N) is 2. The average Bonchev–Trinajstić information content (AvgIpc) is 3.98. The SMILES string of the molecule is COP(=O)(OC)C(F)(F)c1ccc(C[C@H](NC(=O)[C@H](Cc2ccc(C(F)(F)P(=O)(OC)OC)cc2)NCc2cc(Br)cc(C3(C(F)(F)F)N=N3)c2)C(N)=O)cc1.[NH4+].[NH4+].[NH4+].[NH4+]. The topological polar surface area (TPSA) is 326 Å². The van der Waals surface area contributed by atoms with Crippen molar-refractivity contribution in [2.45, 2.75) is 54.6 Å². The minimum absolute atomic E-state index is 0. The molecule has 0 saturated heterocycles. The Hall–Kier alpha value is -3.71. The number of carbonyl (C=O) groups is 2. The molecule has 0 aromatic heterocycles. The van der Waals surface area contributed by atoms with Crippen molar-refractivity contribution in [3.63, 3.8) is 0 Å². The lowest BCUT2D eigenvalue weighted by molar-refractivity contribution is -0.166. The molecule has 0 bridgehead atoms. The Labute approximate surface area is 348 Å². The van der Waals surface area contributed by atoms with Crippen molar-refractivity contribution in [2.24, 2.45) is 16.0 Å². The fourth-order valence-corrected chi connectivity index (χ4v) is 8.15.